The molecule has 0 radical (unpaired) electrons. The fraction of sp³-hybridized carbons (Fsp3) is 0.500. The van der Waals surface area contributed by atoms with Crippen molar-refractivity contribution in [1.29, 1.82) is 0 Å². The molecule has 1 heterocycles. The van der Waals surface area contributed by atoms with Gasteiger partial charge in [0.15, 0.2) is 0 Å². The number of carbonyl (C=O) groups excluding carboxylic acids is 1. The van der Waals surface area contributed by atoms with Crippen LogP contribution in [-0.2, 0) is 16.8 Å². The van der Waals surface area contributed by atoms with Gasteiger partial charge in [-0.15, -0.1) is 0 Å². The summed E-state index contributed by atoms with van der Waals surface area (Å²) in [6, 6.07) is 8.15. The summed E-state index contributed by atoms with van der Waals surface area (Å²) in [6.07, 6.45) is 2.43. The average Bonchev–Trinajstić information content (AvgIpc) is 2.99. The SMILES string of the molecule is CCCCC(=O)NCc1nc(-c2ccc(C(C)(C)C)cc2)no1. The van der Waals surface area contributed by atoms with Crippen LogP contribution in [0.3, 0.4) is 0 Å². The summed E-state index contributed by atoms with van der Waals surface area (Å²) < 4.78 is 5.20. The first-order chi connectivity index (χ1) is 10.9. The van der Waals surface area contributed by atoms with Crippen molar-refractivity contribution >= 4 is 5.91 Å². The lowest BCUT2D eigenvalue weighted by Crippen LogP contribution is -2.22. The van der Waals surface area contributed by atoms with Crippen LogP contribution in [0.2, 0.25) is 0 Å². The van der Waals surface area contributed by atoms with Crippen LogP contribution in [0.25, 0.3) is 11.4 Å². The quantitative estimate of drug-likeness (QED) is 0.879. The van der Waals surface area contributed by atoms with E-state index in [9.17, 15) is 4.79 Å². The van der Waals surface area contributed by atoms with E-state index in [-0.39, 0.29) is 17.9 Å². The Morgan fingerprint density at radius 3 is 2.52 bits per heavy atom. The Balaban J connectivity index is 1.98. The van der Waals surface area contributed by atoms with Crippen LogP contribution >= 0.6 is 0 Å². The van der Waals surface area contributed by atoms with Crippen molar-refractivity contribution in [3.63, 3.8) is 0 Å². The van der Waals surface area contributed by atoms with E-state index in [2.05, 4.69) is 55.3 Å². The van der Waals surface area contributed by atoms with E-state index in [0.29, 0.717) is 18.1 Å². The summed E-state index contributed by atoms with van der Waals surface area (Å²) in [6.45, 7) is 8.86. The van der Waals surface area contributed by atoms with Gasteiger partial charge in [-0.05, 0) is 17.4 Å². The molecule has 1 N–H and O–H groups in total. The predicted octanol–water partition coefficient (Wildman–Crippen LogP) is 3.84. The van der Waals surface area contributed by atoms with E-state index < -0.39 is 0 Å². The number of nitrogens with one attached hydrogen (secondary N) is 1. The third-order valence-corrected chi connectivity index (χ3v) is 3.67. The first kappa shape index (κ1) is 17.2. The molecule has 0 aliphatic heterocycles. The molecule has 5 nitrogen and oxygen atoms in total. The molecule has 0 aliphatic carbocycles. The van der Waals surface area contributed by atoms with E-state index >= 15 is 0 Å². The Morgan fingerprint density at radius 1 is 1.22 bits per heavy atom. The molecule has 1 amide bonds. The Morgan fingerprint density at radius 2 is 1.91 bits per heavy atom. The molecule has 0 aliphatic rings. The van der Waals surface area contributed by atoms with Crippen molar-refractivity contribution in [3.8, 4) is 11.4 Å². The minimum Gasteiger partial charge on any atom is -0.347 e. The number of nitrogens with zero attached hydrogens (tertiary/aromatic N) is 2. The van der Waals surface area contributed by atoms with Crippen molar-refractivity contribution in [3.05, 3.63) is 35.7 Å². The van der Waals surface area contributed by atoms with Crippen LogP contribution in [0.1, 0.15) is 58.4 Å². The molecule has 5 heteroatoms. The lowest BCUT2D eigenvalue weighted by atomic mass is 9.87. The molecular weight excluding hydrogens is 290 g/mol. The molecular formula is C18H25N3O2. The van der Waals surface area contributed by atoms with Gasteiger partial charge in [-0.2, -0.15) is 4.98 Å². The highest BCUT2D eigenvalue weighted by molar-refractivity contribution is 5.75. The molecule has 2 aromatic rings. The summed E-state index contributed by atoms with van der Waals surface area (Å²) in [5, 5.41) is 6.77. The number of unbranched alkanes of at least 4 members (excludes halogenated alkanes) is 1. The number of rotatable bonds is 6. The molecule has 1 aromatic carbocycles. The molecule has 2 rings (SSSR count). The van der Waals surface area contributed by atoms with Gasteiger partial charge in [0.05, 0.1) is 6.54 Å². The zero-order chi connectivity index (χ0) is 16.9. The van der Waals surface area contributed by atoms with Gasteiger partial charge >= 0.3 is 0 Å². The summed E-state index contributed by atoms with van der Waals surface area (Å²) in [5.74, 6) is 0.981. The molecule has 0 spiro atoms. The van der Waals surface area contributed by atoms with Crippen LogP contribution in [-0.4, -0.2) is 16.0 Å². The van der Waals surface area contributed by atoms with Crippen molar-refractivity contribution in [1.82, 2.24) is 15.5 Å². The maximum absolute atomic E-state index is 11.6. The second-order valence-corrected chi connectivity index (χ2v) is 6.72. The highest BCUT2D eigenvalue weighted by Gasteiger charge is 2.14. The number of amides is 1. The second-order valence-electron chi connectivity index (χ2n) is 6.72. The third kappa shape index (κ3) is 4.91. The van der Waals surface area contributed by atoms with Crippen LogP contribution < -0.4 is 5.32 Å². The fourth-order valence-corrected chi connectivity index (χ4v) is 2.16. The number of aromatic nitrogens is 2. The minimum absolute atomic E-state index is 0.0149. The topological polar surface area (TPSA) is 68.0 Å². The summed E-state index contributed by atoms with van der Waals surface area (Å²) in [5.41, 5.74) is 2.28. The molecule has 1 aromatic heterocycles. The summed E-state index contributed by atoms with van der Waals surface area (Å²) in [7, 11) is 0. The van der Waals surface area contributed by atoms with Crippen LogP contribution in [0.5, 0.6) is 0 Å². The molecule has 0 saturated heterocycles. The maximum Gasteiger partial charge on any atom is 0.246 e. The van der Waals surface area contributed by atoms with E-state index in [1.54, 1.807) is 0 Å². The predicted molar refractivity (Wildman–Crippen MR) is 89.8 cm³/mol. The fourth-order valence-electron chi connectivity index (χ4n) is 2.16. The Bertz CT molecular complexity index is 639. The van der Waals surface area contributed by atoms with Gasteiger partial charge in [-0.3, -0.25) is 4.79 Å². The van der Waals surface area contributed by atoms with Gasteiger partial charge in [-0.1, -0.05) is 63.5 Å². The lowest BCUT2D eigenvalue weighted by Gasteiger charge is -2.18. The lowest BCUT2D eigenvalue weighted by molar-refractivity contribution is -0.121. The van der Waals surface area contributed by atoms with Gasteiger partial charge in [0.2, 0.25) is 17.6 Å². The Hall–Kier alpha value is -2.17. The van der Waals surface area contributed by atoms with Crippen LogP contribution in [0, 0.1) is 0 Å². The van der Waals surface area contributed by atoms with E-state index in [4.69, 9.17) is 4.52 Å². The Labute approximate surface area is 137 Å². The summed E-state index contributed by atoms with van der Waals surface area (Å²) >= 11 is 0. The molecule has 0 saturated carbocycles. The van der Waals surface area contributed by atoms with E-state index in [0.717, 1.165) is 18.4 Å². The molecule has 0 fully saturated rings. The summed E-state index contributed by atoms with van der Waals surface area (Å²) in [4.78, 5) is 15.9. The monoisotopic (exact) mass is 315 g/mol. The normalized spacial score (nSPS) is 11.5. The Kier molecular flexibility index (Phi) is 5.53. The molecule has 23 heavy (non-hydrogen) atoms. The van der Waals surface area contributed by atoms with E-state index in [1.165, 1.54) is 5.56 Å². The molecule has 0 bridgehead atoms. The van der Waals surface area contributed by atoms with Crippen molar-refractivity contribution in [2.45, 2.75) is 58.9 Å². The van der Waals surface area contributed by atoms with Crippen molar-refractivity contribution in [2.24, 2.45) is 0 Å². The smallest absolute Gasteiger partial charge is 0.246 e. The number of hydrogen-bond donors (Lipinski definition) is 1. The zero-order valence-electron chi connectivity index (χ0n) is 14.3. The van der Waals surface area contributed by atoms with Gasteiger partial charge in [0.1, 0.15) is 0 Å². The molecule has 124 valence electrons. The number of benzene rings is 1. The van der Waals surface area contributed by atoms with Gasteiger partial charge < -0.3 is 9.84 Å². The molecule has 0 unspecified atom stereocenters. The van der Waals surface area contributed by atoms with Crippen molar-refractivity contribution in [2.75, 3.05) is 0 Å². The van der Waals surface area contributed by atoms with Gasteiger partial charge in [0, 0.05) is 12.0 Å². The van der Waals surface area contributed by atoms with Crippen molar-refractivity contribution < 1.29 is 9.32 Å². The van der Waals surface area contributed by atoms with Crippen LogP contribution in [0.15, 0.2) is 28.8 Å². The zero-order valence-corrected chi connectivity index (χ0v) is 14.3. The van der Waals surface area contributed by atoms with Gasteiger partial charge in [0.25, 0.3) is 0 Å². The number of hydrogen-bond acceptors (Lipinski definition) is 4. The van der Waals surface area contributed by atoms with Gasteiger partial charge in [-0.25, -0.2) is 0 Å². The third-order valence-electron chi connectivity index (χ3n) is 3.67. The second kappa shape index (κ2) is 7.40. The number of carbonyl (C=O) groups is 1. The molecule has 0 atom stereocenters. The largest absolute Gasteiger partial charge is 0.347 e. The average molecular weight is 315 g/mol. The highest BCUT2D eigenvalue weighted by Crippen LogP contribution is 2.24. The maximum atomic E-state index is 11.6. The van der Waals surface area contributed by atoms with E-state index in [1.807, 2.05) is 12.1 Å². The first-order valence-corrected chi connectivity index (χ1v) is 8.10. The highest BCUT2D eigenvalue weighted by atomic mass is 16.5. The standard InChI is InChI=1S/C18H25N3O2/c1-5-6-7-15(22)19-12-16-20-17(21-23-16)13-8-10-14(11-9-13)18(2,3)4/h8-11H,5-7,12H2,1-4H3,(H,19,22). The minimum atomic E-state index is 0.0149. The van der Waals surface area contributed by atoms with Crippen LogP contribution in [0.4, 0.5) is 0 Å². The first-order valence-electron chi connectivity index (χ1n) is 8.10.